The summed E-state index contributed by atoms with van der Waals surface area (Å²) in [5.41, 5.74) is 0. The summed E-state index contributed by atoms with van der Waals surface area (Å²) in [5, 5.41) is 10.6. The third kappa shape index (κ3) is 2.54. The van der Waals surface area contributed by atoms with Gasteiger partial charge in [-0.3, -0.25) is 4.79 Å². The van der Waals surface area contributed by atoms with Gasteiger partial charge in [-0.05, 0) is 13.0 Å². The Balaban J connectivity index is 0.00000225. The smallest absolute Gasteiger partial charge is 0.453 e. The fourth-order valence-electron chi connectivity index (χ4n) is 1.56. The third-order valence-corrected chi connectivity index (χ3v) is 2.33. The largest absolute Gasteiger partial charge is 0.480 e. The lowest BCUT2D eigenvalue weighted by molar-refractivity contribution is -0.303. The number of halogens is 6. The molecule has 0 aliphatic carbocycles. The molecule has 0 unspecified atom stereocenters. The van der Waals surface area contributed by atoms with E-state index in [2.05, 4.69) is 5.32 Å². The molecule has 1 aliphatic rings. The molecule has 1 heterocycles. The predicted molar refractivity (Wildman–Crippen MR) is 45.8 cm³/mol. The van der Waals surface area contributed by atoms with Gasteiger partial charge in [-0.1, -0.05) is 0 Å². The van der Waals surface area contributed by atoms with Crippen molar-refractivity contribution in [1.82, 2.24) is 5.32 Å². The number of rotatable bonds is 2. The van der Waals surface area contributed by atoms with Gasteiger partial charge in [0.05, 0.1) is 5.92 Å². The summed E-state index contributed by atoms with van der Waals surface area (Å²) in [5.74, 6) is -8.91. The highest BCUT2D eigenvalue weighted by atomic mass is 35.5. The molecule has 0 aromatic rings. The molecule has 0 bridgehead atoms. The van der Waals surface area contributed by atoms with E-state index < -0.39 is 36.4 Å². The number of hydrogen-bond acceptors (Lipinski definition) is 2. The maximum Gasteiger partial charge on any atom is 0.453 e. The summed E-state index contributed by atoms with van der Waals surface area (Å²) >= 11 is 0. The van der Waals surface area contributed by atoms with E-state index >= 15 is 0 Å². The molecular formula is C7H9ClF5NO2. The van der Waals surface area contributed by atoms with Crippen molar-refractivity contribution in [1.29, 1.82) is 0 Å². The first-order chi connectivity index (χ1) is 6.68. The molecule has 96 valence electrons. The van der Waals surface area contributed by atoms with Gasteiger partial charge in [0.2, 0.25) is 0 Å². The summed E-state index contributed by atoms with van der Waals surface area (Å²) < 4.78 is 61.5. The Morgan fingerprint density at radius 2 is 1.75 bits per heavy atom. The van der Waals surface area contributed by atoms with E-state index in [9.17, 15) is 26.7 Å². The number of hydrogen-bond donors (Lipinski definition) is 2. The summed E-state index contributed by atoms with van der Waals surface area (Å²) in [6.45, 7) is -0.159. The minimum atomic E-state index is -5.71. The second-order valence-electron chi connectivity index (χ2n) is 3.29. The molecule has 0 aromatic heterocycles. The van der Waals surface area contributed by atoms with Crippen LogP contribution in [0, 0.1) is 5.92 Å². The SMILES string of the molecule is Cl.O=C(O)[C@H]1NCC[C@@H]1C(F)(F)C(F)(F)F. The number of carboxylic acids is 1. The van der Waals surface area contributed by atoms with Crippen molar-refractivity contribution < 1.29 is 31.9 Å². The van der Waals surface area contributed by atoms with Crippen LogP contribution in [0.2, 0.25) is 0 Å². The number of nitrogens with one attached hydrogen (secondary N) is 1. The van der Waals surface area contributed by atoms with Gasteiger partial charge in [0.25, 0.3) is 0 Å². The maximum atomic E-state index is 12.8. The number of carboxylic acid groups (broad SMARTS) is 1. The molecule has 0 saturated carbocycles. The molecule has 3 nitrogen and oxygen atoms in total. The van der Waals surface area contributed by atoms with Gasteiger partial charge in [0.1, 0.15) is 6.04 Å². The molecule has 0 amide bonds. The minimum absolute atomic E-state index is 0. The Labute approximate surface area is 93.4 Å². The highest BCUT2D eigenvalue weighted by Gasteiger charge is 2.65. The van der Waals surface area contributed by atoms with E-state index in [-0.39, 0.29) is 19.0 Å². The standard InChI is InChI=1S/C7H8F5NO2.ClH/c8-6(9,7(10,11)12)3-1-2-13-4(3)5(14)15;/h3-4,13H,1-2H2,(H,14,15);1H/t3-,4-;/m0./s1. The van der Waals surface area contributed by atoms with Crippen molar-refractivity contribution in [3.05, 3.63) is 0 Å². The molecule has 1 aliphatic heterocycles. The number of aliphatic carboxylic acids is 1. The summed E-state index contributed by atoms with van der Waals surface area (Å²) in [7, 11) is 0. The van der Waals surface area contributed by atoms with Crippen LogP contribution in [0.4, 0.5) is 22.0 Å². The summed E-state index contributed by atoms with van der Waals surface area (Å²) in [4.78, 5) is 10.4. The minimum Gasteiger partial charge on any atom is -0.480 e. The Bertz CT molecular complexity index is 270. The van der Waals surface area contributed by atoms with Gasteiger partial charge in [-0.25, -0.2) is 0 Å². The van der Waals surface area contributed by atoms with Gasteiger partial charge in [0, 0.05) is 0 Å². The van der Waals surface area contributed by atoms with Crippen LogP contribution in [0.1, 0.15) is 6.42 Å². The van der Waals surface area contributed by atoms with Crippen molar-refractivity contribution >= 4 is 18.4 Å². The lowest BCUT2D eigenvalue weighted by Crippen LogP contribution is -2.50. The Morgan fingerprint density at radius 1 is 1.25 bits per heavy atom. The van der Waals surface area contributed by atoms with Crippen molar-refractivity contribution in [2.24, 2.45) is 5.92 Å². The fraction of sp³-hybridized carbons (Fsp3) is 0.857. The molecule has 1 rings (SSSR count). The highest BCUT2D eigenvalue weighted by Crippen LogP contribution is 2.45. The molecule has 1 saturated heterocycles. The summed E-state index contributed by atoms with van der Waals surface area (Å²) in [6.07, 6.45) is -6.22. The first-order valence-corrected chi connectivity index (χ1v) is 4.08. The van der Waals surface area contributed by atoms with Gasteiger partial charge in [0.15, 0.2) is 0 Å². The first-order valence-electron chi connectivity index (χ1n) is 4.08. The van der Waals surface area contributed by atoms with Crippen LogP contribution in [-0.4, -0.2) is 35.8 Å². The molecule has 9 heteroatoms. The fourth-order valence-corrected chi connectivity index (χ4v) is 1.56. The van der Waals surface area contributed by atoms with Crippen molar-refractivity contribution in [2.45, 2.75) is 24.6 Å². The van der Waals surface area contributed by atoms with Crippen LogP contribution in [0.25, 0.3) is 0 Å². The average Bonchev–Trinajstić information content (AvgIpc) is 2.48. The molecule has 0 spiro atoms. The van der Waals surface area contributed by atoms with Crippen LogP contribution in [-0.2, 0) is 4.79 Å². The Morgan fingerprint density at radius 3 is 2.12 bits per heavy atom. The molecule has 2 N–H and O–H groups in total. The molecule has 0 radical (unpaired) electrons. The molecule has 1 fully saturated rings. The van der Waals surface area contributed by atoms with E-state index in [0.717, 1.165) is 0 Å². The van der Waals surface area contributed by atoms with Gasteiger partial charge in [-0.15, -0.1) is 12.4 Å². The lowest BCUT2D eigenvalue weighted by Gasteiger charge is -2.27. The number of alkyl halides is 5. The normalized spacial score (nSPS) is 26.3. The molecule has 16 heavy (non-hydrogen) atoms. The average molecular weight is 270 g/mol. The van der Waals surface area contributed by atoms with Gasteiger partial charge in [-0.2, -0.15) is 22.0 Å². The maximum absolute atomic E-state index is 12.8. The van der Waals surface area contributed by atoms with E-state index in [1.807, 2.05) is 0 Å². The van der Waals surface area contributed by atoms with Crippen LogP contribution < -0.4 is 5.32 Å². The zero-order valence-corrected chi connectivity index (χ0v) is 8.54. The predicted octanol–water partition coefficient (Wildman–Crippen LogP) is 1.67. The molecule has 2 atom stereocenters. The van der Waals surface area contributed by atoms with E-state index in [1.165, 1.54) is 0 Å². The van der Waals surface area contributed by atoms with Crippen LogP contribution in [0.3, 0.4) is 0 Å². The van der Waals surface area contributed by atoms with Gasteiger partial charge < -0.3 is 10.4 Å². The highest BCUT2D eigenvalue weighted by molar-refractivity contribution is 5.85. The Kier molecular flexibility index (Phi) is 4.52. The Hall–Kier alpha value is -0.630. The van der Waals surface area contributed by atoms with Crippen molar-refractivity contribution in [3.8, 4) is 0 Å². The zero-order chi connectivity index (χ0) is 11.9. The first kappa shape index (κ1) is 15.4. The topological polar surface area (TPSA) is 49.3 Å². The second-order valence-corrected chi connectivity index (χ2v) is 3.29. The monoisotopic (exact) mass is 269 g/mol. The summed E-state index contributed by atoms with van der Waals surface area (Å²) in [6, 6.07) is -1.85. The van der Waals surface area contributed by atoms with Crippen molar-refractivity contribution in [3.63, 3.8) is 0 Å². The third-order valence-electron chi connectivity index (χ3n) is 2.33. The van der Waals surface area contributed by atoms with Crippen molar-refractivity contribution in [2.75, 3.05) is 6.54 Å². The second kappa shape index (κ2) is 4.70. The zero-order valence-electron chi connectivity index (χ0n) is 7.72. The number of carbonyl (C=O) groups is 1. The van der Waals surface area contributed by atoms with Crippen LogP contribution in [0.5, 0.6) is 0 Å². The quantitative estimate of drug-likeness (QED) is 0.750. The van der Waals surface area contributed by atoms with E-state index in [4.69, 9.17) is 5.11 Å². The van der Waals surface area contributed by atoms with E-state index in [1.54, 1.807) is 0 Å². The molecular weight excluding hydrogens is 261 g/mol. The van der Waals surface area contributed by atoms with Crippen LogP contribution in [0.15, 0.2) is 0 Å². The van der Waals surface area contributed by atoms with Gasteiger partial charge >= 0.3 is 18.1 Å². The van der Waals surface area contributed by atoms with E-state index in [0.29, 0.717) is 0 Å². The lowest BCUT2D eigenvalue weighted by atomic mass is 9.93. The molecule has 0 aromatic carbocycles. The van der Waals surface area contributed by atoms with Crippen LogP contribution >= 0.6 is 12.4 Å².